The maximum atomic E-state index is 13.4. The highest BCUT2D eigenvalue weighted by atomic mass is 32.1. The Bertz CT molecular complexity index is 762. The van der Waals surface area contributed by atoms with Gasteiger partial charge in [0, 0.05) is 30.2 Å². The van der Waals surface area contributed by atoms with Gasteiger partial charge in [0.15, 0.2) is 0 Å². The monoisotopic (exact) mass is 347 g/mol. The summed E-state index contributed by atoms with van der Waals surface area (Å²) in [5.74, 6) is -1.02. The highest BCUT2D eigenvalue weighted by molar-refractivity contribution is 7.12. The van der Waals surface area contributed by atoms with Gasteiger partial charge in [0.2, 0.25) is 5.91 Å². The fraction of sp³-hybridized carbons (Fsp3) is 0.294. The van der Waals surface area contributed by atoms with E-state index < -0.39 is 5.91 Å². The number of thiophene rings is 1. The van der Waals surface area contributed by atoms with Gasteiger partial charge >= 0.3 is 0 Å². The molecular formula is C17H18FN3O2S. The van der Waals surface area contributed by atoms with E-state index in [0.717, 1.165) is 25.1 Å². The van der Waals surface area contributed by atoms with E-state index in [1.807, 2.05) is 6.07 Å². The van der Waals surface area contributed by atoms with Crippen molar-refractivity contribution in [2.24, 2.45) is 5.73 Å². The number of primary amides is 1. The molecule has 1 atom stereocenters. The van der Waals surface area contributed by atoms with Crippen molar-refractivity contribution in [1.82, 2.24) is 5.32 Å². The number of nitrogens with one attached hydrogen (secondary N) is 1. The summed E-state index contributed by atoms with van der Waals surface area (Å²) in [7, 11) is 0. The van der Waals surface area contributed by atoms with Crippen LogP contribution in [0.2, 0.25) is 0 Å². The third-order valence-electron chi connectivity index (χ3n) is 4.04. The smallest absolute Gasteiger partial charge is 0.261 e. The Balaban J connectivity index is 1.64. The number of halogens is 1. The van der Waals surface area contributed by atoms with Crippen LogP contribution in [0.5, 0.6) is 0 Å². The van der Waals surface area contributed by atoms with Crippen molar-refractivity contribution in [3.8, 4) is 0 Å². The molecule has 3 rings (SSSR count). The minimum atomic E-state index is -0.541. The molecule has 0 saturated carbocycles. The van der Waals surface area contributed by atoms with Crippen molar-refractivity contribution in [3.63, 3.8) is 0 Å². The summed E-state index contributed by atoms with van der Waals surface area (Å²) in [5, 5.41) is 4.57. The van der Waals surface area contributed by atoms with E-state index in [-0.39, 0.29) is 17.8 Å². The first kappa shape index (κ1) is 16.4. The van der Waals surface area contributed by atoms with Crippen LogP contribution >= 0.6 is 11.3 Å². The summed E-state index contributed by atoms with van der Waals surface area (Å²) in [6.07, 6.45) is 1.78. The molecule has 2 aromatic rings. The summed E-state index contributed by atoms with van der Waals surface area (Å²) in [5.41, 5.74) is 6.37. The zero-order chi connectivity index (χ0) is 17.1. The van der Waals surface area contributed by atoms with E-state index in [2.05, 4.69) is 10.2 Å². The predicted octanol–water partition coefficient (Wildman–Crippen LogP) is 2.38. The number of nitrogens with zero attached hydrogens (tertiary/aromatic N) is 1. The van der Waals surface area contributed by atoms with E-state index in [1.165, 1.54) is 29.5 Å². The Morgan fingerprint density at radius 3 is 2.88 bits per heavy atom. The number of hydrogen-bond acceptors (Lipinski definition) is 4. The van der Waals surface area contributed by atoms with Crippen LogP contribution in [0, 0.1) is 5.82 Å². The van der Waals surface area contributed by atoms with Gasteiger partial charge in [-0.2, -0.15) is 0 Å². The lowest BCUT2D eigenvalue weighted by Gasteiger charge is -2.34. The first-order valence-corrected chi connectivity index (χ1v) is 8.60. The number of amides is 2. The molecule has 1 fully saturated rings. The molecule has 5 nitrogen and oxygen atoms in total. The van der Waals surface area contributed by atoms with Crippen molar-refractivity contribution in [3.05, 3.63) is 52.0 Å². The first-order valence-electron chi connectivity index (χ1n) is 7.72. The van der Waals surface area contributed by atoms with Crippen molar-refractivity contribution in [2.45, 2.75) is 18.9 Å². The zero-order valence-corrected chi connectivity index (χ0v) is 13.8. The van der Waals surface area contributed by atoms with Gasteiger partial charge in [0.1, 0.15) is 5.82 Å². The van der Waals surface area contributed by atoms with Gasteiger partial charge in [-0.25, -0.2) is 4.39 Å². The van der Waals surface area contributed by atoms with Gasteiger partial charge in [0.05, 0.1) is 10.4 Å². The van der Waals surface area contributed by atoms with E-state index in [9.17, 15) is 14.0 Å². The molecule has 3 N–H and O–H groups in total. The maximum absolute atomic E-state index is 13.4. The minimum absolute atomic E-state index is 0.0198. The lowest BCUT2D eigenvalue weighted by molar-refractivity contribution is 0.0937. The molecule has 126 valence electrons. The fourth-order valence-corrected chi connectivity index (χ4v) is 3.64. The normalized spacial score (nSPS) is 17.5. The molecule has 1 aliphatic rings. The van der Waals surface area contributed by atoms with Gasteiger partial charge in [-0.05, 0) is 37.1 Å². The number of carbonyl (C=O) groups is 2. The van der Waals surface area contributed by atoms with Crippen molar-refractivity contribution >= 4 is 28.8 Å². The molecule has 1 aromatic carbocycles. The molecule has 7 heteroatoms. The summed E-state index contributed by atoms with van der Waals surface area (Å²) >= 11 is 1.20. The highest BCUT2D eigenvalue weighted by Crippen LogP contribution is 2.21. The molecule has 0 radical (unpaired) electrons. The van der Waals surface area contributed by atoms with Crippen LogP contribution in [0.4, 0.5) is 10.1 Å². The Morgan fingerprint density at radius 1 is 1.33 bits per heavy atom. The van der Waals surface area contributed by atoms with E-state index in [4.69, 9.17) is 5.73 Å². The topological polar surface area (TPSA) is 75.4 Å². The van der Waals surface area contributed by atoms with Crippen LogP contribution in [-0.4, -0.2) is 30.9 Å². The lowest BCUT2D eigenvalue weighted by Crippen LogP contribution is -2.47. The number of hydrogen-bond donors (Lipinski definition) is 2. The quantitative estimate of drug-likeness (QED) is 0.892. The summed E-state index contributed by atoms with van der Waals surface area (Å²) < 4.78 is 13.4. The summed E-state index contributed by atoms with van der Waals surface area (Å²) in [6.45, 7) is 1.46. The number of anilines is 1. The van der Waals surface area contributed by atoms with Crippen LogP contribution < -0.4 is 16.0 Å². The van der Waals surface area contributed by atoms with Crippen molar-refractivity contribution in [2.75, 3.05) is 18.0 Å². The van der Waals surface area contributed by atoms with Gasteiger partial charge in [0.25, 0.3) is 5.91 Å². The Labute approximate surface area is 143 Å². The largest absolute Gasteiger partial charge is 0.369 e. The second-order valence-electron chi connectivity index (χ2n) is 5.80. The van der Waals surface area contributed by atoms with Gasteiger partial charge in [-0.3, -0.25) is 9.59 Å². The molecular weight excluding hydrogens is 329 g/mol. The second-order valence-corrected chi connectivity index (χ2v) is 6.71. The Hall–Kier alpha value is -2.41. The second kappa shape index (κ2) is 7.00. The molecule has 0 bridgehead atoms. The third kappa shape index (κ3) is 3.73. The Kier molecular flexibility index (Phi) is 4.80. The number of nitrogens with two attached hydrogens (primary N) is 1. The maximum Gasteiger partial charge on any atom is 0.261 e. The molecule has 0 aliphatic carbocycles. The number of rotatable bonds is 4. The van der Waals surface area contributed by atoms with E-state index in [1.54, 1.807) is 11.4 Å². The third-order valence-corrected chi connectivity index (χ3v) is 4.97. The van der Waals surface area contributed by atoms with Gasteiger partial charge in [-0.1, -0.05) is 6.07 Å². The van der Waals surface area contributed by atoms with E-state index in [0.29, 0.717) is 17.0 Å². The predicted molar refractivity (Wildman–Crippen MR) is 91.9 cm³/mol. The standard InChI is InChI=1S/C17H18FN3O2S/c18-12-3-1-5-14(8-12)21-6-2-4-13(9-21)20-17(23)15-7-11(10-24-15)16(19)22/h1,3,5,7-8,10,13H,2,4,6,9H2,(H2,19,22)(H,20,23)/t13-/m0/s1. The highest BCUT2D eigenvalue weighted by Gasteiger charge is 2.23. The molecule has 1 saturated heterocycles. The Morgan fingerprint density at radius 2 is 2.17 bits per heavy atom. The number of benzene rings is 1. The average molecular weight is 347 g/mol. The number of carbonyl (C=O) groups excluding carboxylic acids is 2. The average Bonchev–Trinajstić information content (AvgIpc) is 3.05. The van der Waals surface area contributed by atoms with Crippen LogP contribution in [0.1, 0.15) is 32.9 Å². The molecule has 0 spiro atoms. The van der Waals surface area contributed by atoms with Crippen LogP contribution in [0.3, 0.4) is 0 Å². The molecule has 0 unspecified atom stereocenters. The van der Waals surface area contributed by atoms with Gasteiger partial charge < -0.3 is 16.0 Å². The minimum Gasteiger partial charge on any atom is -0.369 e. The van der Waals surface area contributed by atoms with Crippen molar-refractivity contribution in [1.29, 1.82) is 0 Å². The first-order chi connectivity index (χ1) is 11.5. The van der Waals surface area contributed by atoms with Crippen LogP contribution in [-0.2, 0) is 0 Å². The van der Waals surface area contributed by atoms with Crippen LogP contribution in [0.15, 0.2) is 35.7 Å². The van der Waals surface area contributed by atoms with Crippen LogP contribution in [0.25, 0.3) is 0 Å². The molecule has 2 amide bonds. The summed E-state index contributed by atoms with van der Waals surface area (Å²) in [6, 6.07) is 7.96. The number of piperidine rings is 1. The lowest BCUT2D eigenvalue weighted by atomic mass is 10.0. The van der Waals surface area contributed by atoms with E-state index >= 15 is 0 Å². The fourth-order valence-electron chi connectivity index (χ4n) is 2.84. The SMILES string of the molecule is NC(=O)c1csc(C(=O)N[C@H]2CCCN(c3cccc(F)c3)C2)c1. The van der Waals surface area contributed by atoms with Gasteiger partial charge in [-0.15, -0.1) is 11.3 Å². The van der Waals surface area contributed by atoms with Crippen molar-refractivity contribution < 1.29 is 14.0 Å². The molecule has 2 heterocycles. The molecule has 1 aliphatic heterocycles. The molecule has 1 aromatic heterocycles. The summed E-state index contributed by atoms with van der Waals surface area (Å²) in [4.78, 5) is 26.0. The zero-order valence-electron chi connectivity index (χ0n) is 13.0. The molecule has 24 heavy (non-hydrogen) atoms.